The van der Waals surface area contributed by atoms with Crippen molar-refractivity contribution in [1.82, 2.24) is 0 Å². The van der Waals surface area contributed by atoms with Gasteiger partial charge in [0.15, 0.2) is 5.92 Å². The third-order valence-corrected chi connectivity index (χ3v) is 4.78. The average Bonchev–Trinajstić information content (AvgIpc) is 2.58. The molecular weight excluding hydrogens is 318 g/mol. The number of methoxy groups -OCH3 is 1. The number of carbonyl (C=O) groups excluding carboxylic acids is 1. The number of nitriles is 1. The van der Waals surface area contributed by atoms with Crippen LogP contribution >= 0.6 is 0 Å². The molecule has 1 aromatic carbocycles. The minimum Gasteiger partial charge on any atom is -0.496 e. The first kappa shape index (κ1) is 19.3. The van der Waals surface area contributed by atoms with E-state index in [1.165, 1.54) is 0 Å². The molecule has 0 aliphatic carbocycles. The number of esters is 1. The van der Waals surface area contributed by atoms with E-state index in [0.717, 1.165) is 18.4 Å². The van der Waals surface area contributed by atoms with Crippen LogP contribution in [0.25, 0.3) is 0 Å². The maximum atomic E-state index is 12.5. The van der Waals surface area contributed by atoms with Gasteiger partial charge >= 0.3 is 5.97 Å². The molecule has 1 saturated heterocycles. The van der Waals surface area contributed by atoms with Crippen molar-refractivity contribution in [3.8, 4) is 11.8 Å². The van der Waals surface area contributed by atoms with Crippen LogP contribution in [0.3, 0.4) is 0 Å². The monoisotopic (exact) mass is 345 g/mol. The van der Waals surface area contributed by atoms with Crippen LogP contribution in [0.5, 0.6) is 5.75 Å². The smallest absolute Gasteiger partial charge is 0.323 e. The Morgan fingerprint density at radius 1 is 1.44 bits per heavy atom. The van der Waals surface area contributed by atoms with Crippen molar-refractivity contribution in [3.63, 3.8) is 0 Å². The van der Waals surface area contributed by atoms with Gasteiger partial charge in [-0.15, -0.1) is 0 Å². The van der Waals surface area contributed by atoms with Crippen LogP contribution in [0.4, 0.5) is 0 Å². The molecule has 136 valence electrons. The van der Waals surface area contributed by atoms with Gasteiger partial charge in [-0.1, -0.05) is 18.2 Å². The highest BCUT2D eigenvalue weighted by Crippen LogP contribution is 2.45. The molecule has 0 bridgehead atoms. The topological polar surface area (TPSA) is 68.6 Å². The van der Waals surface area contributed by atoms with Gasteiger partial charge in [0.05, 0.1) is 25.4 Å². The quantitative estimate of drug-likeness (QED) is 0.736. The average molecular weight is 345 g/mol. The lowest BCUT2D eigenvalue weighted by molar-refractivity contribution is -0.148. The van der Waals surface area contributed by atoms with Crippen LogP contribution in [0.15, 0.2) is 24.3 Å². The zero-order chi connectivity index (χ0) is 18.4. The van der Waals surface area contributed by atoms with Gasteiger partial charge < -0.3 is 14.2 Å². The highest BCUT2D eigenvalue weighted by Gasteiger charge is 2.42. The van der Waals surface area contributed by atoms with Crippen LogP contribution in [0.1, 0.15) is 45.1 Å². The molecule has 5 heteroatoms. The van der Waals surface area contributed by atoms with Gasteiger partial charge in [0.25, 0.3) is 0 Å². The van der Waals surface area contributed by atoms with E-state index in [2.05, 4.69) is 6.07 Å². The van der Waals surface area contributed by atoms with E-state index in [9.17, 15) is 10.1 Å². The summed E-state index contributed by atoms with van der Waals surface area (Å²) in [6.07, 6.45) is 1.57. The van der Waals surface area contributed by atoms with Crippen LogP contribution in [-0.4, -0.2) is 31.9 Å². The number of ether oxygens (including phenoxy) is 3. The van der Waals surface area contributed by atoms with Gasteiger partial charge in [-0.2, -0.15) is 5.26 Å². The minimum atomic E-state index is -0.866. The Morgan fingerprint density at radius 2 is 2.16 bits per heavy atom. The van der Waals surface area contributed by atoms with E-state index in [4.69, 9.17) is 14.2 Å². The van der Waals surface area contributed by atoms with E-state index in [1.807, 2.05) is 38.1 Å². The molecule has 0 aromatic heterocycles. The van der Waals surface area contributed by atoms with E-state index in [0.29, 0.717) is 12.4 Å². The Bertz CT molecular complexity index is 635. The zero-order valence-corrected chi connectivity index (χ0v) is 15.5. The number of rotatable bonds is 6. The van der Waals surface area contributed by atoms with Crippen molar-refractivity contribution in [2.75, 3.05) is 20.3 Å². The lowest BCUT2D eigenvalue weighted by Crippen LogP contribution is -2.39. The number of benzene rings is 1. The Labute approximate surface area is 149 Å². The van der Waals surface area contributed by atoms with Crippen molar-refractivity contribution >= 4 is 5.97 Å². The summed E-state index contributed by atoms with van der Waals surface area (Å²) in [5.41, 5.74) is 0.602. The predicted octanol–water partition coefficient (Wildman–Crippen LogP) is 3.69. The summed E-state index contributed by atoms with van der Waals surface area (Å²) in [7, 11) is 1.61. The molecule has 2 rings (SSSR count). The molecule has 0 amide bonds. The van der Waals surface area contributed by atoms with E-state index in [-0.39, 0.29) is 24.0 Å². The number of carbonyl (C=O) groups is 1. The summed E-state index contributed by atoms with van der Waals surface area (Å²) in [5, 5.41) is 9.76. The molecule has 0 spiro atoms. The number of nitrogens with zero attached hydrogens (tertiary/aromatic N) is 1. The first-order chi connectivity index (χ1) is 11.9. The molecule has 0 radical (unpaired) electrons. The van der Waals surface area contributed by atoms with Crippen molar-refractivity contribution < 1.29 is 19.0 Å². The Balaban J connectivity index is 2.47. The Kier molecular flexibility index (Phi) is 6.44. The molecule has 5 nitrogen and oxygen atoms in total. The molecular formula is C20H27NO4. The molecule has 3 atom stereocenters. The molecule has 1 aliphatic rings. The second-order valence-corrected chi connectivity index (χ2v) is 6.99. The fourth-order valence-electron chi connectivity index (χ4n) is 3.74. The second-order valence-electron chi connectivity index (χ2n) is 6.99. The van der Waals surface area contributed by atoms with Crippen LogP contribution in [-0.2, 0) is 14.3 Å². The summed E-state index contributed by atoms with van der Waals surface area (Å²) < 4.78 is 16.5. The Hall–Kier alpha value is -2.06. The van der Waals surface area contributed by atoms with E-state index >= 15 is 0 Å². The van der Waals surface area contributed by atoms with Gasteiger partial charge in [0.2, 0.25) is 0 Å². The van der Waals surface area contributed by atoms with Gasteiger partial charge in [-0.25, -0.2) is 0 Å². The van der Waals surface area contributed by atoms with Crippen LogP contribution in [0.2, 0.25) is 0 Å². The highest BCUT2D eigenvalue weighted by molar-refractivity contribution is 5.77. The first-order valence-corrected chi connectivity index (χ1v) is 8.76. The van der Waals surface area contributed by atoms with Crippen molar-refractivity contribution in [2.24, 2.45) is 11.8 Å². The maximum Gasteiger partial charge on any atom is 0.323 e. The van der Waals surface area contributed by atoms with Gasteiger partial charge in [-0.05, 0) is 51.2 Å². The summed E-state index contributed by atoms with van der Waals surface area (Å²) in [6.45, 7) is 6.72. The van der Waals surface area contributed by atoms with Gasteiger partial charge in [0, 0.05) is 12.5 Å². The summed E-state index contributed by atoms with van der Waals surface area (Å²) in [6, 6.07) is 9.80. The fraction of sp³-hybridized carbons (Fsp3) is 0.600. The van der Waals surface area contributed by atoms with Crippen molar-refractivity contribution in [1.29, 1.82) is 5.26 Å². The number of hydrogen-bond donors (Lipinski definition) is 0. The minimum absolute atomic E-state index is 0.133. The molecule has 0 saturated carbocycles. The molecule has 0 unspecified atom stereocenters. The molecule has 1 fully saturated rings. The molecule has 25 heavy (non-hydrogen) atoms. The van der Waals surface area contributed by atoms with E-state index in [1.54, 1.807) is 14.0 Å². The summed E-state index contributed by atoms with van der Waals surface area (Å²) in [5.74, 6) is -0.792. The predicted molar refractivity (Wildman–Crippen MR) is 94.2 cm³/mol. The van der Waals surface area contributed by atoms with Gasteiger partial charge in [-0.3, -0.25) is 4.79 Å². The second kappa shape index (κ2) is 8.35. The fourth-order valence-corrected chi connectivity index (χ4v) is 3.74. The lowest BCUT2D eigenvalue weighted by Gasteiger charge is -2.40. The number of hydrogen-bond acceptors (Lipinski definition) is 5. The zero-order valence-electron chi connectivity index (χ0n) is 15.5. The summed E-state index contributed by atoms with van der Waals surface area (Å²) in [4.78, 5) is 12.5. The normalized spacial score (nSPS) is 21.6. The Morgan fingerprint density at radius 3 is 2.76 bits per heavy atom. The largest absolute Gasteiger partial charge is 0.496 e. The van der Waals surface area contributed by atoms with Crippen molar-refractivity contribution in [3.05, 3.63) is 29.8 Å². The standard InChI is InChI=1S/C20H27NO4/c1-5-24-19(22)16(13-21)18(14-10-11-25-20(2,3)12-14)15-8-6-7-9-17(15)23-4/h6-9,14,16,18H,5,10-12H2,1-4H3/t14-,16+,18+/m1/s1. The summed E-state index contributed by atoms with van der Waals surface area (Å²) >= 11 is 0. The maximum absolute atomic E-state index is 12.5. The molecule has 1 aromatic rings. The first-order valence-electron chi connectivity index (χ1n) is 8.76. The lowest BCUT2D eigenvalue weighted by atomic mass is 9.71. The molecule has 1 heterocycles. The molecule has 0 N–H and O–H groups in total. The highest BCUT2D eigenvalue weighted by atomic mass is 16.5. The third kappa shape index (κ3) is 4.52. The molecule has 1 aliphatic heterocycles. The van der Waals surface area contributed by atoms with Crippen molar-refractivity contribution in [2.45, 2.75) is 45.1 Å². The number of para-hydroxylation sites is 1. The SMILES string of the molecule is CCOC(=O)[C@@H](C#N)[C@H](c1ccccc1OC)[C@@H]1CCOC(C)(C)C1. The van der Waals surface area contributed by atoms with E-state index < -0.39 is 11.9 Å². The third-order valence-electron chi connectivity index (χ3n) is 4.78. The van der Waals surface area contributed by atoms with Crippen LogP contribution in [0, 0.1) is 23.2 Å². The van der Waals surface area contributed by atoms with Gasteiger partial charge in [0.1, 0.15) is 5.75 Å². The van der Waals surface area contributed by atoms with Crippen LogP contribution < -0.4 is 4.74 Å².